The summed E-state index contributed by atoms with van der Waals surface area (Å²) in [5, 5.41) is 2.42. The highest BCUT2D eigenvalue weighted by atomic mass is 15.1. The topological polar surface area (TPSA) is 3.24 Å². The number of rotatable bonds is 6. The molecule has 1 nitrogen and oxygen atoms in total. The van der Waals surface area contributed by atoms with Gasteiger partial charge in [-0.05, 0) is 103 Å². The minimum absolute atomic E-state index is 0.134. The summed E-state index contributed by atoms with van der Waals surface area (Å²) in [6.45, 7) is 7.17. The van der Waals surface area contributed by atoms with Crippen LogP contribution < -0.4 is 4.90 Å². The summed E-state index contributed by atoms with van der Waals surface area (Å²) in [7, 11) is 0. The van der Waals surface area contributed by atoms with E-state index in [4.69, 9.17) is 0 Å². The monoisotopic (exact) mass is 741 g/mol. The van der Waals surface area contributed by atoms with Crippen LogP contribution in [0.2, 0.25) is 0 Å². The van der Waals surface area contributed by atoms with Gasteiger partial charge in [0.15, 0.2) is 0 Å². The van der Waals surface area contributed by atoms with E-state index in [2.05, 4.69) is 232 Å². The molecule has 58 heavy (non-hydrogen) atoms. The molecule has 0 saturated carbocycles. The van der Waals surface area contributed by atoms with Gasteiger partial charge < -0.3 is 4.90 Å². The number of nitrogens with zero attached hydrogens (tertiary/aromatic N) is 1. The van der Waals surface area contributed by atoms with Gasteiger partial charge in [0.1, 0.15) is 0 Å². The van der Waals surface area contributed by atoms with Gasteiger partial charge in [0.25, 0.3) is 0 Å². The molecule has 0 heterocycles. The molecule has 0 fully saturated rings. The molecule has 1 heteroatoms. The summed E-state index contributed by atoms with van der Waals surface area (Å²) in [6.07, 6.45) is 0. The minimum atomic E-state index is -0.330. The fraction of sp³-hybridized carbons (Fsp3) is 0.0877. The maximum atomic E-state index is 2.53. The van der Waals surface area contributed by atoms with E-state index in [1.54, 1.807) is 0 Å². The summed E-state index contributed by atoms with van der Waals surface area (Å²) in [5.41, 5.74) is 19.8. The standard InChI is InChI=1S/C57H43N/c1-56(2)51-30-14-12-27-48(51)50-29-17-28-44(54(50)56)40-21-16-24-42(36-40)58(55-45-25-11-10-20-39(45)32-34-46(55)38-18-6-4-7-19-38)43-33-35-49-47-26-13-15-31-52(47)57(3,53(49)37-43)41-22-8-5-9-23-41/h4-37H,1-3H3. The zero-order valence-electron chi connectivity index (χ0n) is 33.1. The third kappa shape index (κ3) is 5.03. The highest BCUT2D eigenvalue weighted by Gasteiger charge is 2.41. The highest BCUT2D eigenvalue weighted by molar-refractivity contribution is 6.07. The lowest BCUT2D eigenvalue weighted by Gasteiger charge is -2.32. The normalized spacial score (nSPS) is 15.7. The predicted octanol–water partition coefficient (Wildman–Crippen LogP) is 15.3. The van der Waals surface area contributed by atoms with Crippen LogP contribution in [0.3, 0.4) is 0 Å². The summed E-state index contributed by atoms with van der Waals surface area (Å²) in [6, 6.07) is 76.5. The van der Waals surface area contributed by atoms with Crippen LogP contribution in [0, 0.1) is 0 Å². The Morgan fingerprint density at radius 2 is 0.931 bits per heavy atom. The average Bonchev–Trinajstić information content (AvgIpc) is 3.68. The molecule has 0 amide bonds. The Morgan fingerprint density at radius 3 is 1.74 bits per heavy atom. The molecule has 0 N–H and O–H groups in total. The fourth-order valence-corrected chi connectivity index (χ4v) is 10.4. The minimum Gasteiger partial charge on any atom is -0.309 e. The third-order valence-corrected chi connectivity index (χ3v) is 13.1. The van der Waals surface area contributed by atoms with Gasteiger partial charge in [-0.3, -0.25) is 0 Å². The van der Waals surface area contributed by atoms with Crippen LogP contribution in [0.25, 0.3) is 55.3 Å². The molecular weight excluding hydrogens is 699 g/mol. The molecule has 0 aromatic heterocycles. The molecule has 9 aromatic carbocycles. The lowest BCUT2D eigenvalue weighted by atomic mass is 9.74. The van der Waals surface area contributed by atoms with Gasteiger partial charge >= 0.3 is 0 Å². The van der Waals surface area contributed by atoms with E-state index >= 15 is 0 Å². The highest BCUT2D eigenvalue weighted by Crippen LogP contribution is 2.56. The van der Waals surface area contributed by atoms with Gasteiger partial charge in [0.2, 0.25) is 0 Å². The fourth-order valence-electron chi connectivity index (χ4n) is 10.4. The van der Waals surface area contributed by atoms with Crippen molar-refractivity contribution in [3.05, 3.63) is 234 Å². The maximum absolute atomic E-state index is 2.53. The molecule has 1 atom stereocenters. The number of fused-ring (bicyclic) bond motifs is 7. The van der Waals surface area contributed by atoms with Gasteiger partial charge in [-0.1, -0.05) is 196 Å². The molecular formula is C57H43N. The lowest BCUT2D eigenvalue weighted by molar-refractivity contribution is 0.662. The summed E-state index contributed by atoms with van der Waals surface area (Å²) < 4.78 is 0. The first-order chi connectivity index (χ1) is 28.4. The number of hydrogen-bond acceptors (Lipinski definition) is 1. The quantitative estimate of drug-likeness (QED) is 0.164. The van der Waals surface area contributed by atoms with Gasteiger partial charge in [0.05, 0.1) is 5.69 Å². The Kier molecular flexibility index (Phi) is 7.72. The van der Waals surface area contributed by atoms with E-state index in [9.17, 15) is 0 Å². The van der Waals surface area contributed by atoms with Crippen molar-refractivity contribution in [2.75, 3.05) is 4.90 Å². The molecule has 0 bridgehead atoms. The Hall–Kier alpha value is -6.96. The SMILES string of the molecule is CC1(C)c2ccccc2-c2cccc(-c3cccc(N(c4ccc5c(c4)C(C)(c4ccccc4)c4ccccc4-5)c4c(-c5ccccc5)ccc5ccccc45)c3)c21. The number of anilines is 3. The Morgan fingerprint density at radius 1 is 0.362 bits per heavy atom. The van der Waals surface area contributed by atoms with Crippen LogP contribution in [0.5, 0.6) is 0 Å². The van der Waals surface area contributed by atoms with Crippen LogP contribution in [0.1, 0.15) is 48.6 Å². The zero-order valence-corrected chi connectivity index (χ0v) is 33.1. The lowest BCUT2D eigenvalue weighted by Crippen LogP contribution is -2.23. The first kappa shape index (κ1) is 34.3. The molecule has 9 aromatic rings. The van der Waals surface area contributed by atoms with Crippen molar-refractivity contribution in [2.24, 2.45) is 0 Å². The maximum Gasteiger partial charge on any atom is 0.0618 e. The molecule has 2 aliphatic rings. The molecule has 0 radical (unpaired) electrons. The predicted molar refractivity (Wildman–Crippen MR) is 245 cm³/mol. The van der Waals surface area contributed by atoms with Crippen molar-refractivity contribution in [1.29, 1.82) is 0 Å². The van der Waals surface area contributed by atoms with Gasteiger partial charge in [0, 0.05) is 33.2 Å². The Labute approximate surface area is 341 Å². The molecule has 0 spiro atoms. The van der Waals surface area contributed by atoms with Crippen LogP contribution in [-0.4, -0.2) is 0 Å². The van der Waals surface area contributed by atoms with E-state index in [1.807, 2.05) is 0 Å². The van der Waals surface area contributed by atoms with Crippen LogP contribution >= 0.6 is 0 Å². The Bertz CT molecular complexity index is 3050. The molecule has 0 saturated heterocycles. The second-order valence-electron chi connectivity index (χ2n) is 16.6. The third-order valence-electron chi connectivity index (χ3n) is 13.1. The van der Waals surface area contributed by atoms with Gasteiger partial charge in [-0.15, -0.1) is 0 Å². The smallest absolute Gasteiger partial charge is 0.0618 e. The average molecular weight is 742 g/mol. The van der Waals surface area contributed by atoms with Crippen molar-refractivity contribution >= 4 is 27.8 Å². The second-order valence-corrected chi connectivity index (χ2v) is 16.6. The first-order valence-corrected chi connectivity index (χ1v) is 20.4. The summed E-state index contributed by atoms with van der Waals surface area (Å²) in [5.74, 6) is 0. The molecule has 2 aliphatic carbocycles. The first-order valence-electron chi connectivity index (χ1n) is 20.4. The van der Waals surface area contributed by atoms with Crippen LogP contribution in [0.4, 0.5) is 17.1 Å². The van der Waals surface area contributed by atoms with Crippen molar-refractivity contribution < 1.29 is 0 Å². The largest absolute Gasteiger partial charge is 0.309 e. The van der Waals surface area contributed by atoms with Crippen molar-refractivity contribution in [2.45, 2.75) is 31.6 Å². The molecule has 1 unspecified atom stereocenters. The Balaban J connectivity index is 1.19. The molecule has 0 aliphatic heterocycles. The van der Waals surface area contributed by atoms with E-state index in [0.717, 1.165) is 11.4 Å². The van der Waals surface area contributed by atoms with E-state index in [0.29, 0.717) is 0 Å². The summed E-state index contributed by atoms with van der Waals surface area (Å²) >= 11 is 0. The zero-order chi connectivity index (χ0) is 39.0. The van der Waals surface area contributed by atoms with Gasteiger partial charge in [-0.2, -0.15) is 0 Å². The van der Waals surface area contributed by atoms with E-state index in [1.165, 1.54) is 88.8 Å². The van der Waals surface area contributed by atoms with E-state index in [-0.39, 0.29) is 10.8 Å². The van der Waals surface area contributed by atoms with E-state index < -0.39 is 0 Å². The molecule has 11 rings (SSSR count). The van der Waals surface area contributed by atoms with Crippen molar-refractivity contribution in [1.82, 2.24) is 0 Å². The molecule has 276 valence electrons. The summed E-state index contributed by atoms with van der Waals surface area (Å²) in [4.78, 5) is 2.53. The number of hydrogen-bond donors (Lipinski definition) is 0. The number of benzene rings is 9. The van der Waals surface area contributed by atoms with Crippen molar-refractivity contribution in [3.8, 4) is 44.5 Å². The van der Waals surface area contributed by atoms with Crippen LogP contribution in [0.15, 0.2) is 206 Å². The van der Waals surface area contributed by atoms with Gasteiger partial charge in [-0.25, -0.2) is 0 Å². The second kappa shape index (κ2) is 13.0. The van der Waals surface area contributed by atoms with Crippen LogP contribution in [-0.2, 0) is 10.8 Å². The van der Waals surface area contributed by atoms with Crippen molar-refractivity contribution in [3.63, 3.8) is 0 Å².